The number of aromatic nitrogens is 3. The normalized spacial score (nSPS) is 20.5. The zero-order valence-electron chi connectivity index (χ0n) is 7.88. The fraction of sp³-hybridized carbons (Fsp3) is 0.500. The zero-order valence-corrected chi connectivity index (χ0v) is 7.88. The summed E-state index contributed by atoms with van der Waals surface area (Å²) in [7, 11) is 0. The summed E-state index contributed by atoms with van der Waals surface area (Å²) in [6, 6.07) is 0. The third-order valence-corrected chi connectivity index (χ3v) is 2.46. The molecule has 80 valence electrons. The van der Waals surface area contributed by atoms with Gasteiger partial charge in [-0.25, -0.2) is 0 Å². The van der Waals surface area contributed by atoms with Crippen LogP contribution in [-0.4, -0.2) is 50.4 Å². The molecule has 1 aliphatic heterocycles. The Balaban J connectivity index is 2.02. The highest BCUT2D eigenvalue weighted by Gasteiger charge is 2.31. The number of likely N-dealkylation sites (tertiary alicyclic amines) is 1. The predicted octanol–water partition coefficient (Wildman–Crippen LogP) is -0.649. The monoisotopic (exact) mass is 210 g/mol. The van der Waals surface area contributed by atoms with Crippen molar-refractivity contribution >= 4 is 11.9 Å². The van der Waals surface area contributed by atoms with Crippen molar-refractivity contribution in [3.8, 4) is 0 Å². The fourth-order valence-corrected chi connectivity index (χ4v) is 1.61. The van der Waals surface area contributed by atoms with Gasteiger partial charge in [0.25, 0.3) is 5.91 Å². The highest BCUT2D eigenvalue weighted by atomic mass is 16.4. The summed E-state index contributed by atoms with van der Waals surface area (Å²) in [6.07, 6.45) is 1.83. The summed E-state index contributed by atoms with van der Waals surface area (Å²) in [5, 5.41) is 18.3. The minimum Gasteiger partial charge on any atom is -0.481 e. The van der Waals surface area contributed by atoms with Gasteiger partial charge in [0.15, 0.2) is 5.69 Å². The number of H-pyrrole nitrogens is 1. The van der Waals surface area contributed by atoms with Gasteiger partial charge >= 0.3 is 5.97 Å². The second kappa shape index (κ2) is 3.68. The molecule has 2 N–H and O–H groups in total. The number of amides is 1. The summed E-state index contributed by atoms with van der Waals surface area (Å²) in [5.74, 6) is -1.58. The van der Waals surface area contributed by atoms with E-state index in [0.29, 0.717) is 13.0 Å². The molecule has 1 fully saturated rings. The van der Waals surface area contributed by atoms with Crippen LogP contribution in [0.5, 0.6) is 0 Å². The first-order valence-corrected chi connectivity index (χ1v) is 4.56. The van der Waals surface area contributed by atoms with E-state index in [4.69, 9.17) is 5.11 Å². The van der Waals surface area contributed by atoms with Crippen molar-refractivity contribution < 1.29 is 14.7 Å². The number of hydrogen-bond donors (Lipinski definition) is 2. The van der Waals surface area contributed by atoms with Crippen molar-refractivity contribution in [2.24, 2.45) is 5.92 Å². The van der Waals surface area contributed by atoms with Gasteiger partial charge in [-0.3, -0.25) is 9.59 Å². The number of rotatable bonds is 2. The van der Waals surface area contributed by atoms with Gasteiger partial charge in [0, 0.05) is 13.1 Å². The van der Waals surface area contributed by atoms with E-state index in [9.17, 15) is 9.59 Å². The average molecular weight is 210 g/mol. The second-order valence-electron chi connectivity index (χ2n) is 3.43. The van der Waals surface area contributed by atoms with E-state index >= 15 is 0 Å². The molecule has 1 aromatic rings. The topological polar surface area (TPSA) is 99.2 Å². The van der Waals surface area contributed by atoms with E-state index < -0.39 is 11.9 Å². The quantitative estimate of drug-likeness (QED) is 0.675. The number of aromatic amines is 1. The van der Waals surface area contributed by atoms with Crippen LogP contribution in [0.15, 0.2) is 6.20 Å². The summed E-state index contributed by atoms with van der Waals surface area (Å²) in [5.41, 5.74) is 0.223. The smallest absolute Gasteiger partial charge is 0.308 e. The maximum absolute atomic E-state index is 11.7. The van der Waals surface area contributed by atoms with Crippen LogP contribution >= 0.6 is 0 Å². The molecular formula is C8H10N4O3. The molecule has 7 heteroatoms. The van der Waals surface area contributed by atoms with Crippen LogP contribution in [0.1, 0.15) is 16.9 Å². The summed E-state index contributed by atoms with van der Waals surface area (Å²) in [6.45, 7) is 0.712. The first-order valence-electron chi connectivity index (χ1n) is 4.56. The highest BCUT2D eigenvalue weighted by Crippen LogP contribution is 2.17. The van der Waals surface area contributed by atoms with Gasteiger partial charge in [-0.05, 0) is 6.42 Å². The van der Waals surface area contributed by atoms with Crippen LogP contribution in [0.4, 0.5) is 0 Å². The van der Waals surface area contributed by atoms with E-state index in [0.717, 1.165) is 0 Å². The van der Waals surface area contributed by atoms with Crippen LogP contribution in [0, 0.1) is 5.92 Å². The van der Waals surface area contributed by atoms with Crippen LogP contribution in [0.2, 0.25) is 0 Å². The highest BCUT2D eigenvalue weighted by molar-refractivity contribution is 5.92. The molecular weight excluding hydrogens is 200 g/mol. The van der Waals surface area contributed by atoms with Gasteiger partial charge < -0.3 is 10.0 Å². The van der Waals surface area contributed by atoms with Gasteiger partial charge in [0.05, 0.1) is 12.1 Å². The van der Waals surface area contributed by atoms with Crippen molar-refractivity contribution in [1.29, 1.82) is 0 Å². The third-order valence-electron chi connectivity index (χ3n) is 2.46. The number of carbonyl (C=O) groups is 2. The first-order chi connectivity index (χ1) is 7.18. The van der Waals surface area contributed by atoms with Gasteiger partial charge in [-0.15, -0.1) is 0 Å². The van der Waals surface area contributed by atoms with Crippen LogP contribution in [-0.2, 0) is 4.79 Å². The predicted molar refractivity (Wildman–Crippen MR) is 48.0 cm³/mol. The van der Waals surface area contributed by atoms with E-state index in [2.05, 4.69) is 15.4 Å². The molecule has 2 rings (SSSR count). The molecule has 1 atom stereocenters. The zero-order chi connectivity index (χ0) is 10.8. The maximum Gasteiger partial charge on any atom is 0.308 e. The maximum atomic E-state index is 11.7. The van der Waals surface area contributed by atoms with Crippen LogP contribution in [0.3, 0.4) is 0 Å². The van der Waals surface area contributed by atoms with E-state index in [1.165, 1.54) is 11.1 Å². The standard InChI is InChI=1S/C8H10N4O3/c13-7(6-3-9-11-10-6)12-2-1-5(4-12)8(14)15/h3,5H,1-2,4H2,(H,14,15)(H,9,10,11). The lowest BCUT2D eigenvalue weighted by Crippen LogP contribution is -2.30. The Kier molecular flexibility index (Phi) is 2.36. The molecule has 1 aliphatic rings. The molecule has 1 saturated heterocycles. The molecule has 0 spiro atoms. The van der Waals surface area contributed by atoms with Gasteiger partial charge in [0.1, 0.15) is 0 Å². The van der Waals surface area contributed by atoms with Crippen molar-refractivity contribution in [1.82, 2.24) is 20.3 Å². The number of nitrogens with one attached hydrogen (secondary N) is 1. The lowest BCUT2D eigenvalue weighted by atomic mass is 10.1. The van der Waals surface area contributed by atoms with Crippen molar-refractivity contribution in [3.05, 3.63) is 11.9 Å². The fourth-order valence-electron chi connectivity index (χ4n) is 1.61. The SMILES string of the molecule is O=C(O)C1CCN(C(=O)c2cn[nH]n2)C1. The molecule has 0 saturated carbocycles. The largest absolute Gasteiger partial charge is 0.481 e. The number of nitrogens with zero attached hydrogens (tertiary/aromatic N) is 3. The van der Waals surface area contributed by atoms with Gasteiger partial charge in [0.2, 0.25) is 0 Å². The number of carbonyl (C=O) groups excluding carboxylic acids is 1. The molecule has 15 heavy (non-hydrogen) atoms. The molecule has 0 radical (unpaired) electrons. The minimum absolute atomic E-state index is 0.223. The van der Waals surface area contributed by atoms with Crippen molar-refractivity contribution in [2.75, 3.05) is 13.1 Å². The molecule has 0 aliphatic carbocycles. The first kappa shape index (κ1) is 9.63. The average Bonchev–Trinajstić information content (AvgIpc) is 2.88. The Labute approximate surface area is 85.1 Å². The third kappa shape index (κ3) is 1.80. The molecule has 7 nitrogen and oxygen atoms in total. The van der Waals surface area contributed by atoms with E-state index in [-0.39, 0.29) is 18.1 Å². The summed E-state index contributed by atoms with van der Waals surface area (Å²) < 4.78 is 0. The van der Waals surface area contributed by atoms with Gasteiger partial charge in [-0.2, -0.15) is 15.4 Å². The number of carboxylic acids is 1. The van der Waals surface area contributed by atoms with Crippen molar-refractivity contribution in [2.45, 2.75) is 6.42 Å². The number of carboxylic acid groups (broad SMARTS) is 1. The lowest BCUT2D eigenvalue weighted by molar-refractivity contribution is -0.141. The Bertz CT molecular complexity index is 375. The molecule has 1 unspecified atom stereocenters. The van der Waals surface area contributed by atoms with Crippen molar-refractivity contribution in [3.63, 3.8) is 0 Å². The summed E-state index contributed by atoms with van der Waals surface area (Å²) >= 11 is 0. The molecule has 1 aromatic heterocycles. The van der Waals surface area contributed by atoms with E-state index in [1.54, 1.807) is 0 Å². The number of aliphatic carboxylic acids is 1. The summed E-state index contributed by atoms with van der Waals surface area (Å²) in [4.78, 5) is 23.9. The molecule has 0 aromatic carbocycles. The molecule has 2 heterocycles. The Morgan fingerprint density at radius 1 is 1.60 bits per heavy atom. The molecule has 1 amide bonds. The Morgan fingerprint density at radius 3 is 2.93 bits per heavy atom. The van der Waals surface area contributed by atoms with Crippen LogP contribution < -0.4 is 0 Å². The molecule has 0 bridgehead atoms. The Hall–Kier alpha value is -1.92. The lowest BCUT2D eigenvalue weighted by Gasteiger charge is -2.13. The van der Waals surface area contributed by atoms with E-state index in [1.807, 2.05) is 0 Å². The minimum atomic E-state index is -0.856. The van der Waals surface area contributed by atoms with Crippen LogP contribution in [0.25, 0.3) is 0 Å². The number of hydrogen-bond acceptors (Lipinski definition) is 4. The van der Waals surface area contributed by atoms with Gasteiger partial charge in [-0.1, -0.05) is 0 Å². The second-order valence-corrected chi connectivity index (χ2v) is 3.43. The Morgan fingerprint density at radius 2 is 2.40 bits per heavy atom.